The van der Waals surface area contributed by atoms with Gasteiger partial charge < -0.3 is 11.1 Å². The monoisotopic (exact) mass is 298 g/mol. The Hall–Kier alpha value is -0.640. The lowest BCUT2D eigenvalue weighted by Gasteiger charge is -2.35. The Morgan fingerprint density at radius 2 is 1.95 bits per heavy atom. The van der Waals surface area contributed by atoms with Crippen molar-refractivity contribution in [2.24, 2.45) is 17.1 Å². The van der Waals surface area contributed by atoms with E-state index >= 15 is 0 Å². The zero-order valence-electron chi connectivity index (χ0n) is 13.0. The van der Waals surface area contributed by atoms with Crippen molar-refractivity contribution in [3.05, 3.63) is 0 Å². The van der Waals surface area contributed by atoms with Gasteiger partial charge >= 0.3 is 0 Å². The summed E-state index contributed by atoms with van der Waals surface area (Å²) in [7, 11) is 0. The van der Waals surface area contributed by atoms with E-state index in [2.05, 4.69) is 19.2 Å². The summed E-state index contributed by atoms with van der Waals surface area (Å²) in [5.41, 5.74) is 5.32. The van der Waals surface area contributed by atoms with Gasteiger partial charge in [-0.3, -0.25) is 4.79 Å². The number of unbranched alkanes of at least 4 members (excludes halogenated alkanes) is 1. The number of thiocarbonyl (C=S) groups is 1. The molecule has 0 radical (unpaired) electrons. The van der Waals surface area contributed by atoms with Gasteiger partial charge in [0.25, 0.3) is 0 Å². The van der Waals surface area contributed by atoms with E-state index in [1.165, 1.54) is 25.7 Å². The largest absolute Gasteiger partial charge is 0.392 e. The smallest absolute Gasteiger partial charge is 0.233 e. The molecule has 0 spiro atoms. The molecule has 3 nitrogen and oxygen atoms in total. The molecule has 0 heterocycles. The van der Waals surface area contributed by atoms with Gasteiger partial charge in [-0.05, 0) is 25.2 Å². The van der Waals surface area contributed by atoms with Crippen LogP contribution in [-0.4, -0.2) is 17.4 Å². The third-order valence-electron chi connectivity index (χ3n) is 4.71. The average molecular weight is 298 g/mol. The van der Waals surface area contributed by atoms with Crippen molar-refractivity contribution < 1.29 is 4.79 Å². The molecule has 1 atom stereocenters. The molecular formula is C16H30N2OS. The minimum Gasteiger partial charge on any atom is -0.392 e. The molecule has 0 aromatic heterocycles. The Morgan fingerprint density at radius 1 is 1.30 bits per heavy atom. The summed E-state index contributed by atoms with van der Waals surface area (Å²) in [5.74, 6) is 0.644. The molecule has 1 amide bonds. The molecular weight excluding hydrogens is 268 g/mol. The molecule has 0 aromatic carbocycles. The number of nitrogens with one attached hydrogen (secondary N) is 1. The maximum absolute atomic E-state index is 12.6. The van der Waals surface area contributed by atoms with Crippen LogP contribution in [0.4, 0.5) is 0 Å². The van der Waals surface area contributed by atoms with Gasteiger partial charge in [-0.15, -0.1) is 0 Å². The van der Waals surface area contributed by atoms with Gasteiger partial charge in [-0.25, -0.2) is 0 Å². The summed E-state index contributed by atoms with van der Waals surface area (Å²) in [5, 5.41) is 3.13. The van der Waals surface area contributed by atoms with Gasteiger partial charge in [0.1, 0.15) is 0 Å². The molecule has 0 saturated heterocycles. The Kier molecular flexibility index (Phi) is 7.49. The summed E-state index contributed by atoms with van der Waals surface area (Å²) in [6.45, 7) is 5.16. The Morgan fingerprint density at radius 3 is 2.45 bits per heavy atom. The first-order valence-corrected chi connectivity index (χ1v) is 8.55. The first-order chi connectivity index (χ1) is 9.56. The summed E-state index contributed by atoms with van der Waals surface area (Å²) in [4.78, 5) is 13.0. The van der Waals surface area contributed by atoms with Crippen molar-refractivity contribution in [1.29, 1.82) is 0 Å². The number of carbonyl (C=O) groups is 1. The zero-order chi connectivity index (χ0) is 15.0. The lowest BCUT2D eigenvalue weighted by atomic mass is 9.73. The number of hydrogen-bond donors (Lipinski definition) is 2. The van der Waals surface area contributed by atoms with Crippen molar-refractivity contribution in [3.8, 4) is 0 Å². The van der Waals surface area contributed by atoms with Crippen molar-refractivity contribution in [1.82, 2.24) is 5.32 Å². The van der Waals surface area contributed by atoms with Crippen LogP contribution in [0.3, 0.4) is 0 Å². The van der Waals surface area contributed by atoms with Crippen LogP contribution in [0.2, 0.25) is 0 Å². The molecule has 116 valence electrons. The Balaban J connectivity index is 2.56. The van der Waals surface area contributed by atoms with E-state index < -0.39 is 5.41 Å². The van der Waals surface area contributed by atoms with Gasteiger partial charge in [0.05, 0.1) is 10.4 Å². The van der Waals surface area contributed by atoms with Gasteiger partial charge in [-0.1, -0.05) is 64.6 Å². The standard InChI is InChI=1S/C16H30N2OS/c1-3-5-9-13(4-2)12-18-15(19)16(14(17)20)10-7-6-8-11-16/h13H,3-12H2,1-2H3,(H2,17,20)(H,18,19). The topological polar surface area (TPSA) is 55.1 Å². The normalized spacial score (nSPS) is 19.3. The predicted octanol–water partition coefficient (Wildman–Crippen LogP) is 3.56. The first kappa shape index (κ1) is 17.4. The maximum Gasteiger partial charge on any atom is 0.233 e. The first-order valence-electron chi connectivity index (χ1n) is 8.15. The molecule has 1 saturated carbocycles. The molecule has 4 heteroatoms. The lowest BCUT2D eigenvalue weighted by Crippen LogP contribution is -2.50. The quantitative estimate of drug-likeness (QED) is 0.674. The Labute approximate surface area is 129 Å². The third kappa shape index (κ3) is 4.44. The van der Waals surface area contributed by atoms with Crippen molar-refractivity contribution in [3.63, 3.8) is 0 Å². The fourth-order valence-electron chi connectivity index (χ4n) is 3.09. The van der Waals surface area contributed by atoms with E-state index in [0.29, 0.717) is 10.9 Å². The minimum atomic E-state index is -0.573. The van der Waals surface area contributed by atoms with Crippen LogP contribution < -0.4 is 11.1 Å². The molecule has 1 aliphatic carbocycles. The van der Waals surface area contributed by atoms with Crippen LogP contribution in [0.15, 0.2) is 0 Å². The lowest BCUT2D eigenvalue weighted by molar-refractivity contribution is -0.129. The van der Waals surface area contributed by atoms with Gasteiger partial charge in [-0.2, -0.15) is 0 Å². The summed E-state index contributed by atoms with van der Waals surface area (Å²) in [6, 6.07) is 0. The number of rotatable bonds is 8. The van der Waals surface area contributed by atoms with Crippen molar-refractivity contribution in [2.75, 3.05) is 6.54 Å². The molecule has 3 N–H and O–H groups in total. The summed E-state index contributed by atoms with van der Waals surface area (Å²) < 4.78 is 0. The van der Waals surface area contributed by atoms with Crippen LogP contribution in [0.25, 0.3) is 0 Å². The van der Waals surface area contributed by atoms with E-state index in [9.17, 15) is 4.79 Å². The molecule has 1 unspecified atom stereocenters. The third-order valence-corrected chi connectivity index (χ3v) is 5.10. The highest BCUT2D eigenvalue weighted by Gasteiger charge is 2.42. The van der Waals surface area contributed by atoms with Crippen LogP contribution in [0.1, 0.15) is 71.6 Å². The number of hydrogen-bond acceptors (Lipinski definition) is 2. The van der Waals surface area contributed by atoms with Crippen molar-refractivity contribution in [2.45, 2.75) is 71.6 Å². The SMILES string of the molecule is CCCCC(CC)CNC(=O)C1(C(N)=S)CCCCC1. The maximum atomic E-state index is 12.6. The average Bonchev–Trinajstić information content (AvgIpc) is 2.47. The summed E-state index contributed by atoms with van der Waals surface area (Å²) in [6.07, 6.45) is 9.67. The predicted molar refractivity (Wildman–Crippen MR) is 88.6 cm³/mol. The highest BCUT2D eigenvalue weighted by molar-refractivity contribution is 7.80. The van der Waals surface area contributed by atoms with Crippen molar-refractivity contribution >= 4 is 23.1 Å². The fraction of sp³-hybridized carbons (Fsp3) is 0.875. The number of amides is 1. The molecule has 0 aromatic rings. The van der Waals surface area contributed by atoms with Gasteiger partial charge in [0, 0.05) is 6.54 Å². The highest BCUT2D eigenvalue weighted by Crippen LogP contribution is 2.37. The molecule has 1 aliphatic rings. The second-order valence-corrected chi connectivity index (χ2v) is 6.57. The second-order valence-electron chi connectivity index (χ2n) is 6.13. The second kappa shape index (κ2) is 8.60. The van der Waals surface area contributed by atoms with E-state index in [1.807, 2.05) is 0 Å². The summed E-state index contributed by atoms with van der Waals surface area (Å²) >= 11 is 5.20. The molecule has 0 bridgehead atoms. The van der Waals surface area contributed by atoms with Gasteiger partial charge in [0.15, 0.2) is 0 Å². The molecule has 1 fully saturated rings. The van der Waals surface area contributed by atoms with Crippen LogP contribution >= 0.6 is 12.2 Å². The highest BCUT2D eigenvalue weighted by atomic mass is 32.1. The van der Waals surface area contributed by atoms with Crippen LogP contribution in [-0.2, 0) is 4.79 Å². The van der Waals surface area contributed by atoms with E-state index in [1.54, 1.807) is 0 Å². The molecule has 1 rings (SSSR count). The van der Waals surface area contributed by atoms with E-state index in [4.69, 9.17) is 18.0 Å². The van der Waals surface area contributed by atoms with E-state index in [-0.39, 0.29) is 5.91 Å². The fourth-order valence-corrected chi connectivity index (χ4v) is 3.39. The van der Waals surface area contributed by atoms with E-state index in [0.717, 1.165) is 38.6 Å². The molecule has 0 aliphatic heterocycles. The minimum absolute atomic E-state index is 0.0691. The zero-order valence-corrected chi connectivity index (χ0v) is 13.9. The number of nitrogens with two attached hydrogens (primary N) is 1. The number of carbonyl (C=O) groups excluding carboxylic acids is 1. The van der Waals surface area contributed by atoms with Crippen LogP contribution in [0, 0.1) is 11.3 Å². The Bertz CT molecular complexity index is 324. The van der Waals surface area contributed by atoms with Gasteiger partial charge in [0.2, 0.25) is 5.91 Å². The molecule has 20 heavy (non-hydrogen) atoms. The van der Waals surface area contributed by atoms with Crippen LogP contribution in [0.5, 0.6) is 0 Å².